The Morgan fingerprint density at radius 1 is 0.670 bits per heavy atom. The topological polar surface area (TPSA) is 177 Å². The summed E-state index contributed by atoms with van der Waals surface area (Å²) in [5.74, 6) is -0.661. The highest BCUT2D eigenvalue weighted by Gasteiger charge is 2.72. The highest BCUT2D eigenvalue weighted by molar-refractivity contribution is 5.80. The van der Waals surface area contributed by atoms with E-state index in [1.54, 1.807) is 7.11 Å². The summed E-state index contributed by atoms with van der Waals surface area (Å²) in [6, 6.07) is 29.3. The standard InChI is InChI=1S/C75H105N3O13/c1-45-32-34-72(11)56(70(45,7)8)33-35-73(12)57(72)31-30-52-53-38-69(5,6)36-37-75(53,58(80-14)39-74(52,73)13)68(79)89-66-61(46(2)59(77-78-76)54(86-66)43-81-40-49-24-18-15-19-25-49)87-67-64-63(90-71(9,10)91-64)62(48(4)85-67)88-65-47(3)60(83-42-51-28-22-17-23-29-51)55(44-84-65)82-41-50-26-20-16-21-27-50/h15-30,45-48,53-67H,31-44H2,1-14H3/t45-,46?,47?,48?,53?,54?,55+,56-,57?,58?,59+,60?,61?,62-,63?,64?,65-,66-,67-,72?,73-,74+,75+/m0/s1. The van der Waals surface area contributed by atoms with E-state index in [-0.39, 0.29) is 70.3 Å². The van der Waals surface area contributed by atoms with Crippen molar-refractivity contribution in [2.75, 3.05) is 20.3 Å². The fourth-order valence-electron chi connectivity index (χ4n) is 19.6. The van der Waals surface area contributed by atoms with Crippen molar-refractivity contribution in [3.05, 3.63) is 130 Å². The number of nitrogens with zero attached hydrogens (tertiary/aromatic N) is 3. The number of hydrogen-bond acceptors (Lipinski definition) is 14. The Balaban J connectivity index is 0.838. The minimum absolute atomic E-state index is 0.0150. The van der Waals surface area contributed by atoms with Crippen LogP contribution < -0.4 is 0 Å². The van der Waals surface area contributed by atoms with E-state index >= 15 is 4.79 Å². The van der Waals surface area contributed by atoms with Gasteiger partial charge in [-0.3, -0.25) is 4.79 Å². The van der Waals surface area contributed by atoms with Crippen LogP contribution in [-0.2, 0) is 81.5 Å². The molecule has 12 rings (SSSR count). The second-order valence-electron chi connectivity index (χ2n) is 31.6. The molecule has 12 unspecified atom stereocenters. The summed E-state index contributed by atoms with van der Waals surface area (Å²) in [6.45, 7) is 31.1. The van der Waals surface area contributed by atoms with E-state index in [2.05, 4.69) is 90.5 Å². The van der Waals surface area contributed by atoms with Crippen LogP contribution in [0.25, 0.3) is 10.4 Å². The summed E-state index contributed by atoms with van der Waals surface area (Å²) < 4.78 is 82.4. The average Bonchev–Trinajstić information content (AvgIpc) is 0.853. The van der Waals surface area contributed by atoms with Crippen LogP contribution in [-0.4, -0.2) is 112 Å². The summed E-state index contributed by atoms with van der Waals surface area (Å²) in [7, 11) is 1.80. The van der Waals surface area contributed by atoms with Gasteiger partial charge in [-0.25, -0.2) is 0 Å². The predicted molar refractivity (Wildman–Crippen MR) is 344 cm³/mol. The van der Waals surface area contributed by atoms with Crippen LogP contribution in [0, 0.1) is 68.0 Å². The van der Waals surface area contributed by atoms with E-state index in [4.69, 9.17) is 56.8 Å². The summed E-state index contributed by atoms with van der Waals surface area (Å²) in [4.78, 5) is 19.8. The summed E-state index contributed by atoms with van der Waals surface area (Å²) in [6.07, 6.45) is 2.32. The molecule has 4 aliphatic heterocycles. The molecule has 16 heteroatoms. The van der Waals surface area contributed by atoms with Crippen LogP contribution in [0.1, 0.15) is 164 Å². The van der Waals surface area contributed by atoms with Gasteiger partial charge in [-0.05, 0) is 157 Å². The van der Waals surface area contributed by atoms with Crippen LogP contribution in [0.3, 0.4) is 0 Å². The molecule has 91 heavy (non-hydrogen) atoms. The third-order valence-electron chi connectivity index (χ3n) is 25.2. The normalized spacial score (nSPS) is 42.8. The van der Waals surface area contributed by atoms with Crippen LogP contribution >= 0.6 is 0 Å². The van der Waals surface area contributed by atoms with Gasteiger partial charge in [-0.15, -0.1) is 0 Å². The lowest BCUT2D eigenvalue weighted by Gasteiger charge is -2.72. The Kier molecular flexibility index (Phi) is 19.1. The smallest absolute Gasteiger partial charge is 0.317 e. The molecule has 0 spiro atoms. The first-order chi connectivity index (χ1) is 43.4. The van der Waals surface area contributed by atoms with Crippen LogP contribution in [0.4, 0.5) is 0 Å². The molecule has 3 aromatic carbocycles. The molecule has 0 N–H and O–H groups in total. The van der Waals surface area contributed by atoms with Gasteiger partial charge in [0.15, 0.2) is 18.4 Å². The summed E-state index contributed by atoms with van der Waals surface area (Å²) in [5, 5.41) is 4.39. The number of allylic oxidation sites excluding steroid dienone is 2. The zero-order valence-electron chi connectivity index (χ0n) is 56.8. The Hall–Kier alpha value is -4.26. The number of rotatable bonds is 18. The second-order valence-corrected chi connectivity index (χ2v) is 31.6. The average molecular weight is 1260 g/mol. The number of fused-ring (bicyclic) bond motifs is 8. The maximum Gasteiger partial charge on any atom is 0.317 e. The van der Waals surface area contributed by atoms with E-state index in [9.17, 15) is 5.53 Å². The fraction of sp³-hybridized carbons (Fsp3) is 0.720. The molecule has 5 aliphatic carbocycles. The van der Waals surface area contributed by atoms with Crippen LogP contribution in [0.5, 0.6) is 0 Å². The van der Waals surface area contributed by atoms with Gasteiger partial charge in [0.2, 0.25) is 6.29 Å². The molecule has 0 radical (unpaired) electrons. The molecule has 16 nitrogen and oxygen atoms in total. The number of benzene rings is 3. The van der Waals surface area contributed by atoms with Crippen LogP contribution in [0.15, 0.2) is 108 Å². The van der Waals surface area contributed by atoms with Crippen molar-refractivity contribution in [1.82, 2.24) is 0 Å². The van der Waals surface area contributed by atoms with Gasteiger partial charge in [-0.2, -0.15) is 0 Å². The number of esters is 1. The SMILES string of the molecule is COC1C[C@]2(C)C(=CCC3C4(C)CC[C@H](C)C(C)(C)[C@@H]4CC[C@@]32C)C2CC(C)(C)CC[C@]12C(=O)O[C@@H]1OC(COCc2ccccc2)[C@H](N=[N+]=[N-])C(C)C1O[C@@H]1OC(C)[C@H](O[C@@H]2OC[C@@H](OCc3ccccc3)C(OCc3ccccc3)C2C)C2OC(C)(C)OC21. The maximum absolute atomic E-state index is 16.5. The van der Waals surface area contributed by atoms with Gasteiger partial charge < -0.3 is 56.8 Å². The van der Waals surface area contributed by atoms with Crippen molar-refractivity contribution in [2.24, 2.45) is 73.1 Å². The minimum Gasteiger partial charge on any atom is -0.432 e. The molecule has 0 aromatic heterocycles. The lowest BCUT2D eigenvalue weighted by molar-refractivity contribution is -0.354. The van der Waals surface area contributed by atoms with Crippen LogP contribution in [0.2, 0.25) is 0 Å². The summed E-state index contributed by atoms with van der Waals surface area (Å²) in [5.41, 5.74) is 13.9. The maximum atomic E-state index is 16.5. The predicted octanol–water partition coefficient (Wildman–Crippen LogP) is 15.0. The van der Waals surface area contributed by atoms with Gasteiger partial charge in [0, 0.05) is 17.9 Å². The van der Waals surface area contributed by atoms with Gasteiger partial charge >= 0.3 is 5.97 Å². The second kappa shape index (κ2) is 26.0. The monoisotopic (exact) mass is 1260 g/mol. The Labute approximate surface area is 541 Å². The molecule has 9 aliphatic rings. The van der Waals surface area contributed by atoms with E-state index in [1.165, 1.54) is 24.8 Å². The molecule has 4 saturated carbocycles. The number of carbonyl (C=O) groups excluding carboxylic acids is 1. The highest BCUT2D eigenvalue weighted by atomic mass is 16.8. The number of azide groups is 1. The first-order valence-corrected chi connectivity index (χ1v) is 34.4. The molecule has 3 aromatic rings. The van der Waals surface area contributed by atoms with Crippen molar-refractivity contribution in [2.45, 2.75) is 253 Å². The van der Waals surface area contributed by atoms with Crippen molar-refractivity contribution in [3.63, 3.8) is 0 Å². The highest BCUT2D eigenvalue weighted by Crippen LogP contribution is 2.76. The first kappa shape index (κ1) is 66.7. The van der Waals surface area contributed by atoms with Gasteiger partial charge in [0.05, 0.1) is 63.5 Å². The van der Waals surface area contributed by atoms with Gasteiger partial charge in [0.1, 0.15) is 35.9 Å². The number of carbonyl (C=O) groups is 1. The Bertz CT molecular complexity index is 3070. The number of hydrogen-bond donors (Lipinski definition) is 0. The van der Waals surface area contributed by atoms with E-state index in [0.717, 1.165) is 42.4 Å². The van der Waals surface area contributed by atoms with Gasteiger partial charge in [-0.1, -0.05) is 177 Å². The molecule has 23 atom stereocenters. The zero-order chi connectivity index (χ0) is 64.5. The number of ether oxygens (including phenoxy) is 12. The quantitative estimate of drug-likeness (QED) is 0.0387. The number of methoxy groups -OCH3 is 1. The zero-order valence-corrected chi connectivity index (χ0v) is 56.8. The molecule has 4 heterocycles. The molecule has 0 bridgehead atoms. The lowest BCUT2D eigenvalue weighted by Crippen LogP contribution is -2.68. The fourth-order valence-corrected chi connectivity index (χ4v) is 19.6. The van der Waals surface area contributed by atoms with E-state index < -0.39 is 84.8 Å². The largest absolute Gasteiger partial charge is 0.432 e. The summed E-state index contributed by atoms with van der Waals surface area (Å²) >= 11 is 0. The minimum atomic E-state index is -1.30. The van der Waals surface area contributed by atoms with Crippen molar-refractivity contribution < 1.29 is 61.6 Å². The van der Waals surface area contributed by atoms with Crippen molar-refractivity contribution in [1.29, 1.82) is 0 Å². The van der Waals surface area contributed by atoms with Gasteiger partial charge in [0.25, 0.3) is 0 Å². The molecule has 498 valence electrons. The molecule has 0 amide bonds. The Morgan fingerprint density at radius 2 is 1.31 bits per heavy atom. The molecule has 8 fully saturated rings. The van der Waals surface area contributed by atoms with Crippen molar-refractivity contribution >= 4 is 5.97 Å². The van der Waals surface area contributed by atoms with E-state index in [0.29, 0.717) is 50.4 Å². The molecule has 4 saturated heterocycles. The third-order valence-corrected chi connectivity index (χ3v) is 25.2. The van der Waals surface area contributed by atoms with E-state index in [1.807, 2.05) is 107 Å². The lowest BCUT2D eigenvalue weighted by atomic mass is 9.33. The Morgan fingerprint density at radius 3 is 1.97 bits per heavy atom. The molecular weight excluding hydrogens is 1150 g/mol. The molecular formula is C75H105N3O13. The third kappa shape index (κ3) is 12.3. The first-order valence-electron chi connectivity index (χ1n) is 34.4. The van der Waals surface area contributed by atoms with Crippen molar-refractivity contribution in [3.8, 4) is 0 Å².